The van der Waals surface area contributed by atoms with Crippen LogP contribution in [0.2, 0.25) is 5.02 Å². The second-order valence-corrected chi connectivity index (χ2v) is 9.64. The van der Waals surface area contributed by atoms with Crippen LogP contribution in [0, 0.1) is 11.3 Å². The van der Waals surface area contributed by atoms with Crippen LogP contribution in [0.25, 0.3) is 0 Å². The van der Waals surface area contributed by atoms with Crippen LogP contribution in [0.5, 0.6) is 0 Å². The number of rotatable bonds is 5. The van der Waals surface area contributed by atoms with Gasteiger partial charge >= 0.3 is 0 Å². The van der Waals surface area contributed by atoms with Gasteiger partial charge in [0, 0.05) is 42.9 Å². The number of halogens is 1. The lowest BCUT2D eigenvalue weighted by atomic mass is 9.96. The van der Waals surface area contributed by atoms with Crippen molar-refractivity contribution in [2.24, 2.45) is 15.9 Å². The minimum Gasteiger partial charge on any atom is -0.385 e. The number of amidine groups is 2. The van der Waals surface area contributed by atoms with Crippen molar-refractivity contribution in [3.05, 3.63) is 52.8 Å². The van der Waals surface area contributed by atoms with E-state index in [0.29, 0.717) is 43.1 Å². The molecule has 0 saturated carbocycles. The first-order chi connectivity index (χ1) is 16.6. The molecule has 34 heavy (non-hydrogen) atoms. The molecule has 0 bridgehead atoms. The molecule has 4 heterocycles. The molecule has 0 aliphatic carbocycles. The highest BCUT2D eigenvalue weighted by Crippen LogP contribution is 2.26. The number of benzene rings is 1. The summed E-state index contributed by atoms with van der Waals surface area (Å²) in [7, 11) is 0. The summed E-state index contributed by atoms with van der Waals surface area (Å²) in [5.41, 5.74) is 7.65. The van der Waals surface area contributed by atoms with Crippen molar-refractivity contribution in [2.45, 2.75) is 50.4 Å². The molecule has 3 aliphatic rings. The van der Waals surface area contributed by atoms with Gasteiger partial charge in [0.25, 0.3) is 0 Å². The number of ether oxygens (including phenoxy) is 1. The highest BCUT2D eigenvalue weighted by molar-refractivity contribution is 6.30. The Labute approximate surface area is 204 Å². The first kappa shape index (κ1) is 22.8. The minimum absolute atomic E-state index is 0.0262. The van der Waals surface area contributed by atoms with E-state index in [4.69, 9.17) is 27.3 Å². The SMILES string of the molecule is N#Cc1cnn(C[C@H]2CN(C3CCN(C4=NN=C(N)C4)CC3)[C@@H](Cc3ccc(Cl)cc3)CO2)c1. The first-order valence-corrected chi connectivity index (χ1v) is 12.1. The van der Waals surface area contributed by atoms with Gasteiger partial charge in [0.1, 0.15) is 17.7 Å². The van der Waals surface area contributed by atoms with Crippen molar-refractivity contribution in [3.8, 4) is 6.07 Å². The predicted molar refractivity (Wildman–Crippen MR) is 131 cm³/mol. The summed E-state index contributed by atoms with van der Waals surface area (Å²) < 4.78 is 8.11. The van der Waals surface area contributed by atoms with Crippen LogP contribution in [0.3, 0.4) is 0 Å². The molecule has 10 heteroatoms. The highest BCUT2D eigenvalue weighted by atomic mass is 35.5. The maximum Gasteiger partial charge on any atom is 0.135 e. The van der Waals surface area contributed by atoms with Gasteiger partial charge in [0.15, 0.2) is 0 Å². The summed E-state index contributed by atoms with van der Waals surface area (Å²) in [6, 6.07) is 11.0. The van der Waals surface area contributed by atoms with E-state index in [1.807, 2.05) is 16.8 Å². The molecule has 2 N–H and O–H groups in total. The maximum atomic E-state index is 9.10. The third-order valence-electron chi connectivity index (χ3n) is 6.88. The molecule has 0 unspecified atom stereocenters. The molecule has 1 aromatic heterocycles. The lowest BCUT2D eigenvalue weighted by Gasteiger charge is -2.47. The number of nitrogens with zero attached hydrogens (tertiary/aromatic N) is 7. The summed E-state index contributed by atoms with van der Waals surface area (Å²) in [4.78, 5) is 4.95. The van der Waals surface area contributed by atoms with Gasteiger partial charge in [-0.3, -0.25) is 9.58 Å². The van der Waals surface area contributed by atoms with E-state index in [9.17, 15) is 0 Å². The number of hydrogen-bond donors (Lipinski definition) is 1. The van der Waals surface area contributed by atoms with E-state index >= 15 is 0 Å². The smallest absolute Gasteiger partial charge is 0.135 e. The van der Waals surface area contributed by atoms with E-state index in [2.05, 4.69) is 43.3 Å². The Balaban J connectivity index is 1.26. The second-order valence-electron chi connectivity index (χ2n) is 9.20. The number of nitriles is 1. The molecule has 0 amide bonds. The van der Waals surface area contributed by atoms with Crippen molar-refractivity contribution in [3.63, 3.8) is 0 Å². The van der Waals surface area contributed by atoms with E-state index in [-0.39, 0.29) is 6.10 Å². The Hall–Kier alpha value is -2.93. The molecule has 178 valence electrons. The zero-order valence-corrected chi connectivity index (χ0v) is 19.8. The quantitative estimate of drug-likeness (QED) is 0.703. The molecule has 0 spiro atoms. The number of aromatic nitrogens is 2. The Morgan fingerprint density at radius 2 is 1.97 bits per heavy atom. The van der Waals surface area contributed by atoms with Gasteiger partial charge < -0.3 is 15.4 Å². The summed E-state index contributed by atoms with van der Waals surface area (Å²) >= 11 is 6.10. The van der Waals surface area contributed by atoms with Crippen molar-refractivity contribution >= 4 is 23.3 Å². The molecule has 3 aliphatic heterocycles. The van der Waals surface area contributed by atoms with Gasteiger partial charge in [-0.25, -0.2) is 0 Å². The van der Waals surface area contributed by atoms with Gasteiger partial charge in [0.2, 0.25) is 0 Å². The molecular formula is C24H29ClN8O. The summed E-state index contributed by atoms with van der Waals surface area (Å²) in [5.74, 6) is 1.58. The largest absolute Gasteiger partial charge is 0.385 e. The second kappa shape index (κ2) is 10.1. The van der Waals surface area contributed by atoms with Crippen LogP contribution in [0.15, 0.2) is 46.9 Å². The zero-order chi connectivity index (χ0) is 23.5. The van der Waals surface area contributed by atoms with Gasteiger partial charge in [-0.1, -0.05) is 23.7 Å². The molecule has 9 nitrogen and oxygen atoms in total. The summed E-state index contributed by atoms with van der Waals surface area (Å²) in [6.45, 7) is 4.04. The van der Waals surface area contributed by atoms with Gasteiger partial charge in [-0.05, 0) is 37.0 Å². The molecule has 2 aromatic rings. The Bertz CT molecular complexity index is 1100. The fourth-order valence-electron chi connectivity index (χ4n) is 5.12. The third kappa shape index (κ3) is 5.25. The van der Waals surface area contributed by atoms with Crippen LogP contribution in [-0.4, -0.2) is 75.7 Å². The fraction of sp³-hybridized carbons (Fsp3) is 0.500. The normalized spacial score (nSPS) is 24.1. The molecule has 0 radical (unpaired) electrons. The van der Waals surface area contributed by atoms with Crippen LogP contribution in [0.1, 0.15) is 30.4 Å². The highest BCUT2D eigenvalue weighted by Gasteiger charge is 2.36. The lowest BCUT2D eigenvalue weighted by Crippen LogP contribution is -2.58. The lowest BCUT2D eigenvalue weighted by molar-refractivity contribution is -0.0910. The van der Waals surface area contributed by atoms with Crippen LogP contribution in [0.4, 0.5) is 0 Å². The van der Waals surface area contributed by atoms with Gasteiger partial charge in [-0.15, -0.1) is 10.2 Å². The molecule has 2 atom stereocenters. The van der Waals surface area contributed by atoms with Crippen molar-refractivity contribution in [1.29, 1.82) is 5.26 Å². The van der Waals surface area contributed by atoms with E-state index in [1.54, 1.807) is 12.4 Å². The monoisotopic (exact) mass is 480 g/mol. The van der Waals surface area contributed by atoms with E-state index in [0.717, 1.165) is 49.8 Å². The number of piperidine rings is 1. The van der Waals surface area contributed by atoms with Gasteiger partial charge in [0.05, 0.1) is 37.4 Å². The number of likely N-dealkylation sites (tertiary alicyclic amines) is 1. The first-order valence-electron chi connectivity index (χ1n) is 11.8. The minimum atomic E-state index is 0.0262. The topological polar surface area (TPSA) is 108 Å². The zero-order valence-electron chi connectivity index (χ0n) is 19.1. The third-order valence-corrected chi connectivity index (χ3v) is 7.13. The van der Waals surface area contributed by atoms with E-state index in [1.165, 1.54) is 5.56 Å². The molecule has 1 aromatic carbocycles. The number of morpholine rings is 1. The molecule has 5 rings (SSSR count). The average Bonchev–Trinajstić information content (AvgIpc) is 3.50. The predicted octanol–water partition coefficient (Wildman–Crippen LogP) is 2.26. The van der Waals surface area contributed by atoms with E-state index < -0.39 is 0 Å². The average molecular weight is 481 g/mol. The van der Waals surface area contributed by atoms with Crippen molar-refractivity contribution in [2.75, 3.05) is 26.2 Å². The Morgan fingerprint density at radius 1 is 1.18 bits per heavy atom. The maximum absolute atomic E-state index is 9.10. The summed E-state index contributed by atoms with van der Waals surface area (Å²) in [6.07, 6.45) is 7.09. The van der Waals surface area contributed by atoms with Crippen molar-refractivity contribution < 1.29 is 4.74 Å². The van der Waals surface area contributed by atoms with Gasteiger partial charge in [-0.2, -0.15) is 10.4 Å². The summed E-state index contributed by atoms with van der Waals surface area (Å²) in [5, 5.41) is 22.4. The Kier molecular flexibility index (Phi) is 6.81. The molecule has 2 saturated heterocycles. The van der Waals surface area contributed by atoms with Crippen LogP contribution in [-0.2, 0) is 17.7 Å². The van der Waals surface area contributed by atoms with Crippen molar-refractivity contribution in [1.82, 2.24) is 19.6 Å². The number of nitrogens with two attached hydrogens (primary N) is 1. The molecular weight excluding hydrogens is 452 g/mol. The standard InChI is InChI=1S/C24H29ClN8O/c25-19-3-1-17(2-4-19)9-21-16-34-22(14-32-13-18(11-26)12-28-32)15-33(21)20-5-7-31(8-6-20)24-10-23(27)29-30-24/h1-4,12-13,20-22H,5-10,14-16H2,(H2,27,29)/t21-,22-/m0/s1. The molecule has 2 fully saturated rings. The fourth-order valence-corrected chi connectivity index (χ4v) is 5.25. The number of hydrogen-bond acceptors (Lipinski definition) is 8. The van der Waals surface area contributed by atoms with Crippen LogP contribution >= 0.6 is 11.6 Å². The Morgan fingerprint density at radius 3 is 2.65 bits per heavy atom. The van der Waals surface area contributed by atoms with Crippen LogP contribution < -0.4 is 5.73 Å².